The Kier molecular flexibility index (Phi) is 3.36. The van der Waals surface area contributed by atoms with Crippen molar-refractivity contribution >= 4 is 0 Å². The standard InChI is InChI=1S/C14H22/c1-9(2)13-8-7-11(5)14(10(3)4)12(13)6/h11H,1,7-8H2,2-6H3. The minimum atomic E-state index is 0.725. The Hall–Kier alpha value is -0.780. The van der Waals surface area contributed by atoms with E-state index < -0.39 is 0 Å². The molecule has 0 aromatic carbocycles. The van der Waals surface area contributed by atoms with Gasteiger partial charge in [-0.25, -0.2) is 0 Å². The molecule has 1 atom stereocenters. The van der Waals surface area contributed by atoms with E-state index in [1.165, 1.54) is 35.1 Å². The summed E-state index contributed by atoms with van der Waals surface area (Å²) in [6, 6.07) is 0. The van der Waals surface area contributed by atoms with Crippen molar-refractivity contribution in [2.75, 3.05) is 0 Å². The fraction of sp³-hybridized carbons (Fsp3) is 0.571. The summed E-state index contributed by atoms with van der Waals surface area (Å²) in [7, 11) is 0. The lowest BCUT2D eigenvalue weighted by Gasteiger charge is -2.28. The SMILES string of the molecule is C=C(C)C1=C(C)C(=C(C)C)C(C)CC1. The third-order valence-corrected chi connectivity index (χ3v) is 3.23. The first-order valence-corrected chi connectivity index (χ1v) is 5.48. The molecule has 0 fully saturated rings. The maximum Gasteiger partial charge on any atom is -0.0185 e. The lowest BCUT2D eigenvalue weighted by molar-refractivity contribution is 0.586. The van der Waals surface area contributed by atoms with Crippen molar-refractivity contribution in [1.29, 1.82) is 0 Å². The molecule has 0 aromatic heterocycles. The normalized spacial score (nSPS) is 22.6. The van der Waals surface area contributed by atoms with Gasteiger partial charge < -0.3 is 0 Å². The Morgan fingerprint density at radius 2 is 1.86 bits per heavy atom. The Morgan fingerprint density at radius 1 is 1.29 bits per heavy atom. The molecule has 0 amide bonds. The Bertz CT molecular complexity index is 309. The minimum absolute atomic E-state index is 0.725. The highest BCUT2D eigenvalue weighted by Gasteiger charge is 2.21. The molecule has 0 bridgehead atoms. The van der Waals surface area contributed by atoms with Gasteiger partial charge in [0.2, 0.25) is 0 Å². The van der Waals surface area contributed by atoms with Gasteiger partial charge in [-0.1, -0.05) is 24.6 Å². The van der Waals surface area contributed by atoms with Crippen LogP contribution in [0.3, 0.4) is 0 Å². The molecule has 0 saturated carbocycles. The van der Waals surface area contributed by atoms with E-state index in [2.05, 4.69) is 41.2 Å². The van der Waals surface area contributed by atoms with Crippen LogP contribution in [0.2, 0.25) is 0 Å². The second-order valence-electron chi connectivity index (χ2n) is 4.74. The average molecular weight is 190 g/mol. The summed E-state index contributed by atoms with van der Waals surface area (Å²) >= 11 is 0. The van der Waals surface area contributed by atoms with Gasteiger partial charge >= 0.3 is 0 Å². The van der Waals surface area contributed by atoms with Gasteiger partial charge in [-0.3, -0.25) is 0 Å². The van der Waals surface area contributed by atoms with Crippen molar-refractivity contribution in [3.63, 3.8) is 0 Å². The van der Waals surface area contributed by atoms with Crippen molar-refractivity contribution in [3.05, 3.63) is 34.4 Å². The molecule has 0 heterocycles. The topological polar surface area (TPSA) is 0 Å². The first-order valence-electron chi connectivity index (χ1n) is 5.48. The van der Waals surface area contributed by atoms with E-state index in [1.807, 2.05) is 0 Å². The predicted octanol–water partition coefficient (Wildman–Crippen LogP) is 4.65. The summed E-state index contributed by atoms with van der Waals surface area (Å²) in [5.74, 6) is 0.725. The summed E-state index contributed by atoms with van der Waals surface area (Å²) in [6.45, 7) is 15.2. The van der Waals surface area contributed by atoms with Gasteiger partial charge in [0.1, 0.15) is 0 Å². The highest BCUT2D eigenvalue weighted by molar-refractivity contribution is 5.46. The minimum Gasteiger partial charge on any atom is -0.0958 e. The third kappa shape index (κ3) is 2.00. The smallest absolute Gasteiger partial charge is 0.0185 e. The Morgan fingerprint density at radius 3 is 2.29 bits per heavy atom. The number of hydrogen-bond donors (Lipinski definition) is 0. The molecule has 0 N–H and O–H groups in total. The van der Waals surface area contributed by atoms with Gasteiger partial charge in [-0.15, -0.1) is 0 Å². The van der Waals surface area contributed by atoms with Crippen LogP contribution in [0.1, 0.15) is 47.5 Å². The largest absolute Gasteiger partial charge is 0.0958 e. The molecule has 0 saturated heterocycles. The zero-order chi connectivity index (χ0) is 10.9. The van der Waals surface area contributed by atoms with E-state index in [0.717, 1.165) is 5.92 Å². The summed E-state index contributed by atoms with van der Waals surface area (Å²) in [6.07, 6.45) is 2.49. The van der Waals surface area contributed by atoms with Gasteiger partial charge in [-0.2, -0.15) is 0 Å². The Labute approximate surface area is 88.4 Å². The zero-order valence-corrected chi connectivity index (χ0v) is 10.2. The molecule has 1 rings (SSSR count). The molecule has 14 heavy (non-hydrogen) atoms. The summed E-state index contributed by atoms with van der Waals surface area (Å²) in [5, 5.41) is 0. The molecule has 78 valence electrons. The van der Waals surface area contributed by atoms with Gasteiger partial charge in [0.25, 0.3) is 0 Å². The molecular formula is C14H22. The van der Waals surface area contributed by atoms with E-state index in [1.54, 1.807) is 5.57 Å². The van der Waals surface area contributed by atoms with Crippen LogP contribution in [-0.2, 0) is 0 Å². The molecule has 1 aliphatic carbocycles. The number of rotatable bonds is 1. The fourth-order valence-electron chi connectivity index (χ4n) is 2.63. The molecule has 0 radical (unpaired) electrons. The second kappa shape index (κ2) is 4.16. The highest BCUT2D eigenvalue weighted by Crippen LogP contribution is 2.37. The molecule has 0 nitrogen and oxygen atoms in total. The molecule has 1 aliphatic rings. The lowest BCUT2D eigenvalue weighted by atomic mass is 9.77. The van der Waals surface area contributed by atoms with Crippen LogP contribution in [0.4, 0.5) is 0 Å². The monoisotopic (exact) mass is 190 g/mol. The molecule has 0 aliphatic heterocycles. The third-order valence-electron chi connectivity index (χ3n) is 3.23. The molecular weight excluding hydrogens is 168 g/mol. The molecule has 0 spiro atoms. The maximum atomic E-state index is 4.07. The first-order chi connectivity index (χ1) is 6.45. The van der Waals surface area contributed by atoms with Gasteiger partial charge in [0.05, 0.1) is 0 Å². The molecule has 0 aromatic rings. The van der Waals surface area contributed by atoms with E-state index >= 15 is 0 Å². The molecule has 0 heteroatoms. The Balaban J connectivity index is 3.23. The van der Waals surface area contributed by atoms with Crippen molar-refractivity contribution in [1.82, 2.24) is 0 Å². The van der Waals surface area contributed by atoms with E-state index in [-0.39, 0.29) is 0 Å². The van der Waals surface area contributed by atoms with Crippen molar-refractivity contribution in [2.24, 2.45) is 5.92 Å². The van der Waals surface area contributed by atoms with Crippen molar-refractivity contribution in [2.45, 2.75) is 47.5 Å². The lowest BCUT2D eigenvalue weighted by Crippen LogP contribution is -2.11. The van der Waals surface area contributed by atoms with Gasteiger partial charge in [0.15, 0.2) is 0 Å². The van der Waals surface area contributed by atoms with Gasteiger partial charge in [-0.05, 0) is 63.2 Å². The summed E-state index contributed by atoms with van der Waals surface area (Å²) < 4.78 is 0. The van der Waals surface area contributed by atoms with Crippen LogP contribution in [-0.4, -0.2) is 0 Å². The van der Waals surface area contributed by atoms with E-state index in [9.17, 15) is 0 Å². The average Bonchev–Trinajstić information content (AvgIpc) is 2.02. The second-order valence-corrected chi connectivity index (χ2v) is 4.74. The fourth-order valence-corrected chi connectivity index (χ4v) is 2.63. The number of allylic oxidation sites excluding steroid dienone is 5. The number of hydrogen-bond acceptors (Lipinski definition) is 0. The van der Waals surface area contributed by atoms with Crippen LogP contribution in [0.25, 0.3) is 0 Å². The predicted molar refractivity (Wildman–Crippen MR) is 64.3 cm³/mol. The van der Waals surface area contributed by atoms with Crippen LogP contribution in [0.5, 0.6) is 0 Å². The quantitative estimate of drug-likeness (QED) is 0.565. The van der Waals surface area contributed by atoms with Crippen LogP contribution in [0.15, 0.2) is 34.4 Å². The van der Waals surface area contributed by atoms with Crippen molar-refractivity contribution in [3.8, 4) is 0 Å². The highest BCUT2D eigenvalue weighted by atomic mass is 14.3. The summed E-state index contributed by atoms with van der Waals surface area (Å²) in [4.78, 5) is 0. The van der Waals surface area contributed by atoms with E-state index in [0.29, 0.717) is 0 Å². The molecule has 1 unspecified atom stereocenters. The summed E-state index contributed by atoms with van der Waals surface area (Å²) in [5.41, 5.74) is 7.24. The zero-order valence-electron chi connectivity index (χ0n) is 10.2. The van der Waals surface area contributed by atoms with Crippen LogP contribution >= 0.6 is 0 Å². The maximum absolute atomic E-state index is 4.07. The van der Waals surface area contributed by atoms with E-state index in [4.69, 9.17) is 0 Å². The van der Waals surface area contributed by atoms with Crippen molar-refractivity contribution < 1.29 is 0 Å². The van der Waals surface area contributed by atoms with Crippen LogP contribution in [0, 0.1) is 5.92 Å². The first kappa shape index (κ1) is 11.3. The van der Waals surface area contributed by atoms with Gasteiger partial charge in [0, 0.05) is 0 Å². The van der Waals surface area contributed by atoms with Crippen LogP contribution < -0.4 is 0 Å².